The summed E-state index contributed by atoms with van der Waals surface area (Å²) < 4.78 is 13.0. The second kappa shape index (κ2) is 7.36. The van der Waals surface area contributed by atoms with Gasteiger partial charge in [0.15, 0.2) is 5.82 Å². The van der Waals surface area contributed by atoms with E-state index in [9.17, 15) is 14.3 Å². The van der Waals surface area contributed by atoms with E-state index in [-0.39, 0.29) is 22.9 Å². The van der Waals surface area contributed by atoms with Gasteiger partial charge in [-0.25, -0.2) is 4.39 Å². The first-order chi connectivity index (χ1) is 12.8. The van der Waals surface area contributed by atoms with Gasteiger partial charge in [-0.3, -0.25) is 9.89 Å². The van der Waals surface area contributed by atoms with Gasteiger partial charge >= 0.3 is 0 Å². The van der Waals surface area contributed by atoms with Crippen LogP contribution in [-0.4, -0.2) is 21.2 Å². The number of anilines is 3. The third-order valence-electron chi connectivity index (χ3n) is 4.14. The van der Waals surface area contributed by atoms with Crippen molar-refractivity contribution in [2.24, 2.45) is 5.73 Å². The summed E-state index contributed by atoms with van der Waals surface area (Å²) in [5.41, 5.74) is 8.72. The van der Waals surface area contributed by atoms with Gasteiger partial charge in [-0.15, -0.1) is 0 Å². The molecule has 3 aromatic rings. The van der Waals surface area contributed by atoms with Crippen LogP contribution in [-0.2, 0) is 6.54 Å². The maximum atomic E-state index is 13.0. The zero-order valence-corrected chi connectivity index (χ0v) is 14.9. The zero-order valence-electron chi connectivity index (χ0n) is 14.9. The summed E-state index contributed by atoms with van der Waals surface area (Å²) >= 11 is 0. The SMILES string of the molecule is Cc1cc(CNc2[nH]nc(Nc3ccc(F)cc3)c2C(N)=O)cc(C)c1O. The number of phenols is 1. The zero-order chi connectivity index (χ0) is 19.6. The van der Waals surface area contributed by atoms with E-state index in [2.05, 4.69) is 20.8 Å². The lowest BCUT2D eigenvalue weighted by molar-refractivity contribution is 0.100. The Hall–Kier alpha value is -3.55. The van der Waals surface area contributed by atoms with E-state index in [0.29, 0.717) is 18.1 Å². The number of aromatic nitrogens is 2. The number of hydrogen-bond donors (Lipinski definition) is 5. The predicted molar refractivity (Wildman–Crippen MR) is 102 cm³/mol. The number of nitrogens with zero attached hydrogens (tertiary/aromatic N) is 1. The third-order valence-corrected chi connectivity index (χ3v) is 4.14. The number of rotatable bonds is 6. The average Bonchev–Trinajstić information content (AvgIpc) is 3.02. The molecule has 2 aromatic carbocycles. The number of carbonyl (C=O) groups excluding carboxylic acids is 1. The van der Waals surface area contributed by atoms with Crippen LogP contribution >= 0.6 is 0 Å². The lowest BCUT2D eigenvalue weighted by Crippen LogP contribution is -2.15. The van der Waals surface area contributed by atoms with E-state index < -0.39 is 5.91 Å². The minimum absolute atomic E-state index is 0.173. The molecular weight excluding hydrogens is 349 g/mol. The Morgan fingerprint density at radius 2 is 1.85 bits per heavy atom. The van der Waals surface area contributed by atoms with Gasteiger partial charge in [-0.2, -0.15) is 5.10 Å². The Bertz CT molecular complexity index is 959. The van der Waals surface area contributed by atoms with Gasteiger partial charge in [0.2, 0.25) is 0 Å². The number of phenolic OH excluding ortho intramolecular Hbond substituents is 1. The fourth-order valence-corrected chi connectivity index (χ4v) is 2.81. The summed E-state index contributed by atoms with van der Waals surface area (Å²) in [7, 11) is 0. The molecule has 0 aliphatic heterocycles. The maximum absolute atomic E-state index is 13.0. The van der Waals surface area contributed by atoms with Crippen molar-refractivity contribution < 1.29 is 14.3 Å². The summed E-state index contributed by atoms with van der Waals surface area (Å²) in [4.78, 5) is 11.9. The standard InChI is InChI=1S/C19H20FN5O2/c1-10-7-12(8-11(2)16(10)26)9-22-18-15(17(21)27)19(25-24-18)23-14-5-3-13(20)4-6-14/h3-8,26H,9H2,1-2H3,(H2,21,27)(H3,22,23,24,25). The Balaban J connectivity index is 1.81. The number of nitrogens with one attached hydrogen (secondary N) is 3. The summed E-state index contributed by atoms with van der Waals surface area (Å²) in [5.74, 6) is -0.137. The lowest BCUT2D eigenvalue weighted by atomic mass is 10.1. The number of nitrogens with two attached hydrogens (primary N) is 1. The number of amides is 1. The third kappa shape index (κ3) is 4.00. The molecule has 1 aromatic heterocycles. The van der Waals surface area contributed by atoms with Gasteiger partial charge in [0.05, 0.1) is 0 Å². The highest BCUT2D eigenvalue weighted by Gasteiger charge is 2.18. The molecule has 1 heterocycles. The van der Waals surface area contributed by atoms with Crippen molar-refractivity contribution in [1.29, 1.82) is 0 Å². The largest absolute Gasteiger partial charge is 0.507 e. The Kier molecular flexibility index (Phi) is 4.98. The number of aryl methyl sites for hydroxylation is 2. The molecule has 0 spiro atoms. The molecule has 1 amide bonds. The summed E-state index contributed by atoms with van der Waals surface area (Å²) in [6.07, 6.45) is 0. The van der Waals surface area contributed by atoms with Gasteiger partial charge in [0, 0.05) is 12.2 Å². The monoisotopic (exact) mass is 369 g/mol. The van der Waals surface area contributed by atoms with Crippen LogP contribution in [0.5, 0.6) is 5.75 Å². The first kappa shape index (κ1) is 18.2. The number of halogens is 1. The number of hydrogen-bond acceptors (Lipinski definition) is 5. The van der Waals surface area contributed by atoms with Crippen molar-refractivity contribution in [3.8, 4) is 5.75 Å². The van der Waals surface area contributed by atoms with Gasteiger partial charge < -0.3 is 21.5 Å². The van der Waals surface area contributed by atoms with Gasteiger partial charge in [0.1, 0.15) is 22.9 Å². The van der Waals surface area contributed by atoms with Gasteiger partial charge in [0.25, 0.3) is 5.91 Å². The highest BCUT2D eigenvalue weighted by Crippen LogP contribution is 2.26. The van der Waals surface area contributed by atoms with Crippen LogP contribution in [0.3, 0.4) is 0 Å². The van der Waals surface area contributed by atoms with Crippen molar-refractivity contribution in [3.05, 3.63) is 64.5 Å². The number of primary amides is 1. The second-order valence-electron chi connectivity index (χ2n) is 6.25. The Labute approximate surface area is 155 Å². The average molecular weight is 369 g/mol. The number of H-pyrrole nitrogens is 1. The molecule has 7 nitrogen and oxygen atoms in total. The molecule has 3 rings (SSSR count). The van der Waals surface area contributed by atoms with Crippen molar-refractivity contribution in [2.75, 3.05) is 10.6 Å². The maximum Gasteiger partial charge on any atom is 0.256 e. The number of aromatic amines is 1. The van der Waals surface area contributed by atoms with E-state index in [4.69, 9.17) is 5.73 Å². The topological polar surface area (TPSA) is 116 Å². The number of carbonyl (C=O) groups is 1. The van der Waals surface area contributed by atoms with Crippen molar-refractivity contribution in [3.63, 3.8) is 0 Å². The van der Waals surface area contributed by atoms with Crippen LogP contribution in [0.1, 0.15) is 27.0 Å². The molecular formula is C19H20FN5O2. The highest BCUT2D eigenvalue weighted by molar-refractivity contribution is 6.03. The summed E-state index contributed by atoms with van der Waals surface area (Å²) in [6, 6.07) is 9.37. The van der Waals surface area contributed by atoms with Gasteiger partial charge in [-0.05, 0) is 54.8 Å². The molecule has 8 heteroatoms. The van der Waals surface area contributed by atoms with Crippen LogP contribution in [0.25, 0.3) is 0 Å². The molecule has 0 atom stereocenters. The molecule has 6 N–H and O–H groups in total. The van der Waals surface area contributed by atoms with E-state index in [0.717, 1.165) is 16.7 Å². The molecule has 0 bridgehead atoms. The second-order valence-corrected chi connectivity index (χ2v) is 6.25. The number of aromatic hydroxyl groups is 1. The van der Waals surface area contributed by atoms with Crippen LogP contribution in [0.15, 0.2) is 36.4 Å². The van der Waals surface area contributed by atoms with E-state index in [1.54, 1.807) is 0 Å². The smallest absolute Gasteiger partial charge is 0.256 e. The highest BCUT2D eigenvalue weighted by atomic mass is 19.1. The van der Waals surface area contributed by atoms with E-state index >= 15 is 0 Å². The molecule has 0 aliphatic carbocycles. The molecule has 0 aliphatic rings. The molecule has 0 fully saturated rings. The van der Waals surface area contributed by atoms with Crippen LogP contribution < -0.4 is 16.4 Å². The van der Waals surface area contributed by atoms with Crippen LogP contribution in [0, 0.1) is 19.7 Å². The summed E-state index contributed by atoms with van der Waals surface area (Å²) in [5, 5.41) is 22.7. The van der Waals surface area contributed by atoms with Crippen molar-refractivity contribution in [2.45, 2.75) is 20.4 Å². The molecule has 27 heavy (non-hydrogen) atoms. The first-order valence-electron chi connectivity index (χ1n) is 8.29. The van der Waals surface area contributed by atoms with Crippen molar-refractivity contribution in [1.82, 2.24) is 10.2 Å². The minimum Gasteiger partial charge on any atom is -0.507 e. The van der Waals surface area contributed by atoms with E-state index in [1.807, 2.05) is 26.0 Å². The minimum atomic E-state index is -0.658. The number of benzene rings is 2. The molecule has 0 unspecified atom stereocenters. The fraction of sp³-hybridized carbons (Fsp3) is 0.158. The molecule has 0 saturated carbocycles. The Morgan fingerprint density at radius 1 is 1.22 bits per heavy atom. The predicted octanol–water partition coefficient (Wildman–Crippen LogP) is 3.33. The normalized spacial score (nSPS) is 10.6. The van der Waals surface area contributed by atoms with Gasteiger partial charge in [-0.1, -0.05) is 12.1 Å². The first-order valence-corrected chi connectivity index (χ1v) is 8.29. The molecule has 140 valence electrons. The fourth-order valence-electron chi connectivity index (χ4n) is 2.81. The van der Waals surface area contributed by atoms with Crippen molar-refractivity contribution >= 4 is 23.2 Å². The Morgan fingerprint density at radius 3 is 2.44 bits per heavy atom. The molecule has 0 radical (unpaired) electrons. The lowest BCUT2D eigenvalue weighted by Gasteiger charge is -2.10. The van der Waals surface area contributed by atoms with Crippen LogP contribution in [0.2, 0.25) is 0 Å². The quantitative estimate of drug-likeness (QED) is 0.457. The van der Waals surface area contributed by atoms with Crippen LogP contribution in [0.4, 0.5) is 21.7 Å². The van der Waals surface area contributed by atoms with E-state index in [1.165, 1.54) is 24.3 Å². The molecule has 0 saturated heterocycles. The summed E-state index contributed by atoms with van der Waals surface area (Å²) in [6.45, 7) is 4.05.